The Bertz CT molecular complexity index is 977. The van der Waals surface area contributed by atoms with E-state index < -0.39 is 0 Å². The van der Waals surface area contributed by atoms with Gasteiger partial charge in [0.2, 0.25) is 0 Å². The zero-order valence-corrected chi connectivity index (χ0v) is 15.4. The minimum Gasteiger partial charge on any atom is -0.385 e. The lowest BCUT2D eigenvalue weighted by atomic mass is 10.2. The number of aromatic nitrogens is 1. The Labute approximate surface area is 151 Å². The van der Waals surface area contributed by atoms with Crippen molar-refractivity contribution in [3.05, 3.63) is 53.9 Å². The molecule has 5 nitrogen and oxygen atoms in total. The molecule has 7 heteroatoms. The van der Waals surface area contributed by atoms with Crippen molar-refractivity contribution in [1.82, 2.24) is 4.57 Å². The smallest absolute Gasteiger partial charge is 0.269 e. The molecular weight excluding hydrogens is 390 g/mol. The number of hydrogen-bond acceptors (Lipinski definition) is 5. The number of rotatable bonds is 5. The Morgan fingerprint density at radius 3 is 2.71 bits per heavy atom. The van der Waals surface area contributed by atoms with Crippen molar-refractivity contribution in [3.63, 3.8) is 0 Å². The van der Waals surface area contributed by atoms with Gasteiger partial charge in [0.1, 0.15) is 16.8 Å². The highest BCUT2D eigenvalue weighted by molar-refractivity contribution is 9.10. The summed E-state index contributed by atoms with van der Waals surface area (Å²) in [6.07, 6.45) is 2.39. The maximum Gasteiger partial charge on any atom is 0.269 e. The maximum absolute atomic E-state index is 12.7. The van der Waals surface area contributed by atoms with E-state index in [1.54, 1.807) is 13.2 Å². The predicted molar refractivity (Wildman–Crippen MR) is 96.7 cm³/mol. The summed E-state index contributed by atoms with van der Waals surface area (Å²) in [6.45, 7) is 0.897. The summed E-state index contributed by atoms with van der Waals surface area (Å²) < 4.78 is 8.23. The van der Waals surface area contributed by atoms with Crippen LogP contribution in [-0.4, -0.2) is 18.3 Å². The molecule has 0 atom stereocenters. The fourth-order valence-corrected chi connectivity index (χ4v) is 3.60. The van der Waals surface area contributed by atoms with E-state index in [1.807, 2.05) is 36.4 Å². The van der Waals surface area contributed by atoms with Crippen LogP contribution in [-0.2, 0) is 11.3 Å². The molecule has 0 aliphatic rings. The van der Waals surface area contributed by atoms with Gasteiger partial charge in [-0.25, -0.2) is 0 Å². The molecule has 0 radical (unpaired) electrons. The van der Waals surface area contributed by atoms with E-state index >= 15 is 0 Å². The van der Waals surface area contributed by atoms with Crippen LogP contribution in [0.1, 0.15) is 12.0 Å². The highest BCUT2D eigenvalue weighted by atomic mass is 79.9. The SMILES string of the molecule is COCCCn1c(=C(C#N)C#N)s/c(=C/c2ccccc2Br)c1=O. The first-order valence-corrected chi connectivity index (χ1v) is 8.72. The molecule has 24 heavy (non-hydrogen) atoms. The fraction of sp³-hybridized carbons (Fsp3) is 0.235. The lowest BCUT2D eigenvalue weighted by Crippen LogP contribution is -2.32. The molecule has 0 amide bonds. The van der Waals surface area contributed by atoms with Crippen LogP contribution in [0.25, 0.3) is 11.6 Å². The predicted octanol–water partition coefficient (Wildman–Crippen LogP) is 1.74. The second kappa shape index (κ2) is 8.60. The normalized spacial score (nSPS) is 11.1. The molecular formula is C17H14BrN3O2S. The monoisotopic (exact) mass is 403 g/mol. The van der Waals surface area contributed by atoms with Crippen molar-refractivity contribution < 1.29 is 4.74 Å². The van der Waals surface area contributed by atoms with Gasteiger partial charge in [0.25, 0.3) is 5.56 Å². The van der Waals surface area contributed by atoms with E-state index in [2.05, 4.69) is 15.9 Å². The molecule has 0 saturated carbocycles. The molecule has 0 aliphatic heterocycles. The topological polar surface area (TPSA) is 78.8 Å². The zero-order chi connectivity index (χ0) is 17.5. The van der Waals surface area contributed by atoms with Crippen LogP contribution in [0.2, 0.25) is 0 Å². The Balaban J connectivity index is 2.69. The van der Waals surface area contributed by atoms with Gasteiger partial charge in [-0.15, -0.1) is 11.3 Å². The Kier molecular flexibility index (Phi) is 6.51. The van der Waals surface area contributed by atoms with Crippen LogP contribution in [0, 0.1) is 22.7 Å². The number of methoxy groups -OCH3 is 1. The lowest BCUT2D eigenvalue weighted by molar-refractivity contribution is 0.190. The summed E-state index contributed by atoms with van der Waals surface area (Å²) in [5.41, 5.74) is 0.605. The molecule has 122 valence electrons. The van der Waals surface area contributed by atoms with Crippen molar-refractivity contribution >= 4 is 38.9 Å². The molecule has 1 heterocycles. The zero-order valence-electron chi connectivity index (χ0n) is 13.0. The Morgan fingerprint density at radius 2 is 2.08 bits per heavy atom. The minimum atomic E-state index is -0.204. The quantitative estimate of drug-likeness (QED) is 0.712. The molecule has 0 unspecified atom stereocenters. The second-order valence-electron chi connectivity index (χ2n) is 4.84. The van der Waals surface area contributed by atoms with E-state index in [1.165, 1.54) is 4.57 Å². The van der Waals surface area contributed by atoms with E-state index in [4.69, 9.17) is 15.3 Å². The summed E-state index contributed by atoms with van der Waals surface area (Å²) >= 11 is 4.61. The van der Waals surface area contributed by atoms with E-state index in [-0.39, 0.29) is 11.1 Å². The van der Waals surface area contributed by atoms with Gasteiger partial charge in [0, 0.05) is 24.7 Å². The average Bonchev–Trinajstić information content (AvgIpc) is 2.88. The number of nitriles is 2. The van der Waals surface area contributed by atoms with E-state index in [9.17, 15) is 4.79 Å². The van der Waals surface area contributed by atoms with Gasteiger partial charge in [-0.1, -0.05) is 34.1 Å². The van der Waals surface area contributed by atoms with Crippen molar-refractivity contribution in [2.45, 2.75) is 13.0 Å². The molecule has 0 fully saturated rings. The summed E-state index contributed by atoms with van der Waals surface area (Å²) in [4.78, 5) is 12.7. The number of hydrogen-bond donors (Lipinski definition) is 0. The third kappa shape index (κ3) is 4.01. The van der Waals surface area contributed by atoms with Crippen molar-refractivity contribution in [2.75, 3.05) is 13.7 Å². The first-order chi connectivity index (χ1) is 11.6. The highest BCUT2D eigenvalue weighted by Gasteiger charge is 2.09. The van der Waals surface area contributed by atoms with Crippen LogP contribution >= 0.6 is 27.3 Å². The van der Waals surface area contributed by atoms with Crippen molar-refractivity contribution in [3.8, 4) is 12.1 Å². The van der Waals surface area contributed by atoms with Crippen LogP contribution in [0.15, 0.2) is 33.5 Å². The third-order valence-electron chi connectivity index (χ3n) is 3.27. The molecule has 0 bridgehead atoms. The number of thiazole rings is 1. The summed E-state index contributed by atoms with van der Waals surface area (Å²) in [6, 6.07) is 11.3. The first kappa shape index (κ1) is 18.2. The van der Waals surface area contributed by atoms with Gasteiger partial charge in [-0.3, -0.25) is 9.36 Å². The minimum absolute atomic E-state index is 0.0544. The third-order valence-corrected chi connectivity index (χ3v) is 5.12. The number of benzene rings is 1. The molecule has 0 spiro atoms. The van der Waals surface area contributed by atoms with Crippen LogP contribution < -0.4 is 14.8 Å². The van der Waals surface area contributed by atoms with Gasteiger partial charge in [-0.2, -0.15) is 10.5 Å². The van der Waals surface area contributed by atoms with Crippen LogP contribution in [0.5, 0.6) is 0 Å². The van der Waals surface area contributed by atoms with Gasteiger partial charge in [0.15, 0.2) is 5.57 Å². The summed E-state index contributed by atoms with van der Waals surface area (Å²) in [5, 5.41) is 18.3. The van der Waals surface area contributed by atoms with Gasteiger partial charge < -0.3 is 4.74 Å². The number of halogens is 1. The lowest BCUT2D eigenvalue weighted by Gasteiger charge is -2.01. The molecule has 2 rings (SSSR count). The fourth-order valence-electron chi connectivity index (χ4n) is 2.13. The standard InChI is InChI=1S/C17H14BrN3O2S/c1-23-8-4-7-21-16(22)15(24-17(21)13(10-19)11-20)9-12-5-2-3-6-14(12)18/h2-3,5-6,9H,4,7-8H2,1H3/b15-9+. The summed E-state index contributed by atoms with van der Waals surface area (Å²) in [5.74, 6) is 0. The second-order valence-corrected chi connectivity index (χ2v) is 6.72. The molecule has 0 aliphatic carbocycles. The average molecular weight is 404 g/mol. The molecule has 2 aromatic rings. The van der Waals surface area contributed by atoms with Gasteiger partial charge in [-0.05, 0) is 24.1 Å². The molecule has 0 N–H and O–H groups in total. The Morgan fingerprint density at radius 1 is 1.38 bits per heavy atom. The Hall–Kier alpha value is -2.19. The van der Waals surface area contributed by atoms with Gasteiger partial charge >= 0.3 is 0 Å². The number of ether oxygens (including phenoxy) is 1. The number of nitrogens with zero attached hydrogens (tertiary/aromatic N) is 3. The first-order valence-electron chi connectivity index (χ1n) is 7.11. The van der Waals surface area contributed by atoms with E-state index in [0.29, 0.717) is 28.8 Å². The van der Waals surface area contributed by atoms with Crippen molar-refractivity contribution in [2.24, 2.45) is 0 Å². The highest BCUT2D eigenvalue weighted by Crippen LogP contribution is 2.15. The van der Waals surface area contributed by atoms with Crippen molar-refractivity contribution in [1.29, 1.82) is 10.5 Å². The van der Waals surface area contributed by atoms with E-state index in [0.717, 1.165) is 21.4 Å². The molecule has 1 aromatic heterocycles. The largest absolute Gasteiger partial charge is 0.385 e. The molecule has 1 aromatic carbocycles. The summed E-state index contributed by atoms with van der Waals surface area (Å²) in [7, 11) is 1.59. The maximum atomic E-state index is 12.7. The van der Waals surface area contributed by atoms with Crippen LogP contribution in [0.4, 0.5) is 0 Å². The van der Waals surface area contributed by atoms with Gasteiger partial charge in [0.05, 0.1) is 4.53 Å². The molecule has 0 saturated heterocycles. The van der Waals surface area contributed by atoms with Crippen LogP contribution in [0.3, 0.4) is 0 Å².